The average Bonchev–Trinajstić information content (AvgIpc) is 2.74. The van der Waals surface area contributed by atoms with Crippen molar-refractivity contribution in [2.75, 3.05) is 19.0 Å². The first-order valence-corrected chi connectivity index (χ1v) is 10.1. The number of para-hydroxylation sites is 1. The van der Waals surface area contributed by atoms with Gasteiger partial charge in [-0.25, -0.2) is 4.79 Å². The van der Waals surface area contributed by atoms with E-state index in [2.05, 4.69) is 16.0 Å². The van der Waals surface area contributed by atoms with E-state index in [1.165, 1.54) is 6.08 Å². The first-order valence-electron chi connectivity index (χ1n) is 10.1. The first-order chi connectivity index (χ1) is 15.2. The average molecular weight is 440 g/mol. The lowest BCUT2D eigenvalue weighted by Gasteiger charge is -2.19. The molecule has 0 bridgehead atoms. The number of hydrogen-bond donors (Lipinski definition) is 3. The van der Waals surface area contributed by atoms with E-state index in [0.29, 0.717) is 11.4 Å². The minimum absolute atomic E-state index is 0.195. The Hall–Kier alpha value is -3.81. The molecule has 2 aromatic carbocycles. The molecule has 8 nitrogen and oxygen atoms in total. The largest absolute Gasteiger partial charge is 0.496 e. The zero-order valence-electron chi connectivity index (χ0n) is 18.7. The molecule has 170 valence electrons. The van der Waals surface area contributed by atoms with Crippen molar-refractivity contribution in [1.29, 1.82) is 0 Å². The van der Waals surface area contributed by atoms with Crippen molar-refractivity contribution in [2.24, 2.45) is 0 Å². The van der Waals surface area contributed by atoms with Crippen molar-refractivity contribution in [3.63, 3.8) is 0 Å². The molecule has 3 N–H and O–H groups in total. The SMILES string of the molecule is COc1ccccc1/C=C/C(=O)Nc1cccc(CNC(=O)CNC(=O)OC(C)(C)C)c1. The number of carbonyl (C=O) groups excluding carboxylic acids is 3. The summed E-state index contributed by atoms with van der Waals surface area (Å²) < 4.78 is 10.3. The van der Waals surface area contributed by atoms with Crippen LogP contribution in [-0.2, 0) is 20.9 Å². The van der Waals surface area contributed by atoms with Crippen LogP contribution < -0.4 is 20.7 Å². The second-order valence-corrected chi connectivity index (χ2v) is 7.90. The molecule has 0 heterocycles. The minimum Gasteiger partial charge on any atom is -0.496 e. The highest BCUT2D eigenvalue weighted by atomic mass is 16.6. The number of anilines is 1. The molecule has 3 amide bonds. The molecule has 8 heteroatoms. The number of rotatable bonds is 8. The highest BCUT2D eigenvalue weighted by Crippen LogP contribution is 2.18. The highest BCUT2D eigenvalue weighted by molar-refractivity contribution is 6.02. The first kappa shape index (κ1) is 24.5. The molecule has 32 heavy (non-hydrogen) atoms. The summed E-state index contributed by atoms with van der Waals surface area (Å²) in [4.78, 5) is 35.8. The van der Waals surface area contributed by atoms with Crippen molar-refractivity contribution in [3.05, 3.63) is 65.7 Å². The maximum absolute atomic E-state index is 12.3. The van der Waals surface area contributed by atoms with Crippen LogP contribution in [0.25, 0.3) is 6.08 Å². The van der Waals surface area contributed by atoms with Gasteiger partial charge in [-0.15, -0.1) is 0 Å². The molecular weight excluding hydrogens is 410 g/mol. The number of ether oxygens (including phenoxy) is 2. The van der Waals surface area contributed by atoms with Crippen LogP contribution in [-0.4, -0.2) is 37.2 Å². The number of alkyl carbamates (subject to hydrolysis) is 1. The number of methoxy groups -OCH3 is 1. The molecule has 0 aliphatic carbocycles. The number of carbonyl (C=O) groups is 3. The fourth-order valence-electron chi connectivity index (χ4n) is 2.64. The van der Waals surface area contributed by atoms with Gasteiger partial charge in [0.05, 0.1) is 7.11 Å². The molecule has 2 rings (SSSR count). The summed E-state index contributed by atoms with van der Waals surface area (Å²) in [5.74, 6) is 0.0270. The quantitative estimate of drug-likeness (QED) is 0.546. The van der Waals surface area contributed by atoms with Crippen LogP contribution in [0, 0.1) is 0 Å². The molecule has 0 unspecified atom stereocenters. The predicted molar refractivity (Wildman–Crippen MR) is 123 cm³/mol. The van der Waals surface area contributed by atoms with Crippen molar-refractivity contribution in [1.82, 2.24) is 10.6 Å². The third-order valence-corrected chi connectivity index (χ3v) is 4.03. The molecule has 0 aromatic heterocycles. The number of hydrogen-bond acceptors (Lipinski definition) is 5. The van der Waals surface area contributed by atoms with E-state index < -0.39 is 11.7 Å². The summed E-state index contributed by atoms with van der Waals surface area (Å²) in [6, 6.07) is 14.5. The fraction of sp³-hybridized carbons (Fsp3) is 0.292. The van der Waals surface area contributed by atoms with E-state index >= 15 is 0 Å². The fourth-order valence-corrected chi connectivity index (χ4v) is 2.64. The zero-order valence-corrected chi connectivity index (χ0v) is 18.7. The van der Waals surface area contributed by atoms with Crippen LogP contribution in [0.3, 0.4) is 0 Å². The van der Waals surface area contributed by atoms with Gasteiger partial charge in [0.2, 0.25) is 11.8 Å². The molecule has 0 spiro atoms. The summed E-state index contributed by atoms with van der Waals surface area (Å²) in [6.07, 6.45) is 2.45. The third kappa shape index (κ3) is 8.91. The summed E-state index contributed by atoms with van der Waals surface area (Å²) in [7, 11) is 1.57. The molecule has 0 saturated carbocycles. The van der Waals surface area contributed by atoms with Gasteiger partial charge < -0.3 is 25.4 Å². The van der Waals surface area contributed by atoms with Crippen molar-refractivity contribution >= 4 is 29.7 Å². The van der Waals surface area contributed by atoms with Gasteiger partial charge in [0, 0.05) is 23.9 Å². The van der Waals surface area contributed by atoms with Gasteiger partial charge in [-0.05, 0) is 50.6 Å². The lowest BCUT2D eigenvalue weighted by Crippen LogP contribution is -2.39. The zero-order chi connectivity index (χ0) is 23.6. The second kappa shape index (κ2) is 11.5. The smallest absolute Gasteiger partial charge is 0.408 e. The topological polar surface area (TPSA) is 106 Å². The number of benzene rings is 2. The molecule has 2 aromatic rings. The van der Waals surface area contributed by atoms with Gasteiger partial charge in [0.25, 0.3) is 0 Å². The summed E-state index contributed by atoms with van der Waals surface area (Å²) in [6.45, 7) is 5.28. The van der Waals surface area contributed by atoms with E-state index in [1.54, 1.807) is 52.2 Å². The van der Waals surface area contributed by atoms with Crippen LogP contribution >= 0.6 is 0 Å². The molecule has 0 aliphatic rings. The van der Waals surface area contributed by atoms with Gasteiger partial charge >= 0.3 is 6.09 Å². The van der Waals surface area contributed by atoms with Gasteiger partial charge in [-0.2, -0.15) is 0 Å². The minimum atomic E-state index is -0.654. The van der Waals surface area contributed by atoms with E-state index in [9.17, 15) is 14.4 Å². The Bertz CT molecular complexity index is 980. The Balaban J connectivity index is 1.84. The molecule has 0 saturated heterocycles. The van der Waals surface area contributed by atoms with Crippen molar-refractivity contribution < 1.29 is 23.9 Å². The Labute approximate surface area is 188 Å². The van der Waals surface area contributed by atoms with Crippen LogP contribution in [0.5, 0.6) is 5.75 Å². The van der Waals surface area contributed by atoms with Gasteiger partial charge in [0.15, 0.2) is 0 Å². The maximum atomic E-state index is 12.3. The van der Waals surface area contributed by atoms with Gasteiger partial charge in [-0.1, -0.05) is 30.3 Å². The lowest BCUT2D eigenvalue weighted by atomic mass is 10.2. The highest BCUT2D eigenvalue weighted by Gasteiger charge is 2.16. The van der Waals surface area contributed by atoms with Crippen LogP contribution in [0.4, 0.5) is 10.5 Å². The standard InChI is InChI=1S/C24H29N3O5/c1-24(2,3)32-23(30)26-16-22(29)25-15-17-8-7-10-19(14-17)27-21(28)13-12-18-9-5-6-11-20(18)31-4/h5-14H,15-16H2,1-4H3,(H,25,29)(H,26,30)(H,27,28)/b13-12+. The Morgan fingerprint density at radius 2 is 1.75 bits per heavy atom. The maximum Gasteiger partial charge on any atom is 0.408 e. The van der Waals surface area contributed by atoms with E-state index in [1.807, 2.05) is 30.3 Å². The monoisotopic (exact) mass is 439 g/mol. The van der Waals surface area contributed by atoms with E-state index in [0.717, 1.165) is 11.1 Å². The van der Waals surface area contributed by atoms with Crippen LogP contribution in [0.2, 0.25) is 0 Å². The second-order valence-electron chi connectivity index (χ2n) is 7.90. The summed E-state index contributed by atoms with van der Waals surface area (Å²) >= 11 is 0. The molecule has 0 radical (unpaired) electrons. The Kier molecular flexibility index (Phi) is 8.83. The van der Waals surface area contributed by atoms with E-state index in [4.69, 9.17) is 9.47 Å². The molecule has 0 aliphatic heterocycles. The Morgan fingerprint density at radius 1 is 1.00 bits per heavy atom. The Morgan fingerprint density at radius 3 is 2.47 bits per heavy atom. The van der Waals surface area contributed by atoms with Crippen molar-refractivity contribution in [2.45, 2.75) is 32.9 Å². The predicted octanol–water partition coefficient (Wildman–Crippen LogP) is 3.49. The lowest BCUT2D eigenvalue weighted by molar-refractivity contribution is -0.120. The molecular formula is C24H29N3O5. The third-order valence-electron chi connectivity index (χ3n) is 4.03. The van der Waals surface area contributed by atoms with Crippen molar-refractivity contribution in [3.8, 4) is 5.75 Å². The van der Waals surface area contributed by atoms with Gasteiger partial charge in [-0.3, -0.25) is 9.59 Å². The number of nitrogens with one attached hydrogen (secondary N) is 3. The van der Waals surface area contributed by atoms with E-state index in [-0.39, 0.29) is 24.9 Å². The normalized spacial score (nSPS) is 11.0. The summed E-state index contributed by atoms with van der Waals surface area (Å²) in [5, 5.41) is 7.90. The number of amides is 3. The summed E-state index contributed by atoms with van der Waals surface area (Å²) in [5.41, 5.74) is 1.55. The van der Waals surface area contributed by atoms with Crippen LogP contribution in [0.15, 0.2) is 54.6 Å². The molecule has 0 atom stereocenters. The molecule has 0 fully saturated rings. The van der Waals surface area contributed by atoms with Gasteiger partial charge in [0.1, 0.15) is 17.9 Å². The van der Waals surface area contributed by atoms with Crippen LogP contribution in [0.1, 0.15) is 31.9 Å².